The Bertz CT molecular complexity index is 942. The average Bonchev–Trinajstić information content (AvgIpc) is 2.67. The first-order chi connectivity index (χ1) is 13.1. The summed E-state index contributed by atoms with van der Waals surface area (Å²) in [5.41, 5.74) is 0.312. The molecule has 0 aliphatic carbocycles. The van der Waals surface area contributed by atoms with Gasteiger partial charge in [0, 0.05) is 12.8 Å². The van der Waals surface area contributed by atoms with E-state index in [1.54, 1.807) is 18.2 Å². The first-order valence-corrected chi connectivity index (χ1v) is 10.5. The lowest BCUT2D eigenvalue weighted by atomic mass is 9.90. The third kappa shape index (κ3) is 3.80. The predicted octanol–water partition coefficient (Wildman–Crippen LogP) is 4.88. The summed E-state index contributed by atoms with van der Waals surface area (Å²) in [4.78, 5) is 4.16. The van der Waals surface area contributed by atoms with Crippen LogP contribution in [0.4, 0.5) is 13.2 Å². The molecule has 0 amide bonds. The molecule has 2 heterocycles. The molecule has 0 N–H and O–H groups in total. The normalized spacial score (nSPS) is 23.5. The molecule has 0 bridgehead atoms. The minimum atomic E-state index is -4.47. The monoisotopic (exact) mass is 413 g/mol. The van der Waals surface area contributed by atoms with Crippen molar-refractivity contribution >= 4 is 9.84 Å². The highest BCUT2D eigenvalue weighted by atomic mass is 32.2. The van der Waals surface area contributed by atoms with E-state index in [1.165, 1.54) is 6.07 Å². The molecule has 1 aromatic heterocycles. The van der Waals surface area contributed by atoms with Gasteiger partial charge in [0.15, 0.2) is 9.84 Å². The Labute approximate surface area is 162 Å². The van der Waals surface area contributed by atoms with Crippen LogP contribution in [0.3, 0.4) is 0 Å². The van der Waals surface area contributed by atoms with Gasteiger partial charge in [0.05, 0.1) is 20.9 Å². The van der Waals surface area contributed by atoms with Gasteiger partial charge in [-0.25, -0.2) is 8.42 Å². The molecule has 1 aliphatic rings. The quantitative estimate of drug-likeness (QED) is 0.717. The fraction of sp³-hybridized carbons (Fsp3) is 0.450. The van der Waals surface area contributed by atoms with Crippen molar-refractivity contribution in [2.75, 3.05) is 6.61 Å². The molecule has 0 radical (unpaired) electrons. The number of ether oxygens (including phenoxy) is 1. The zero-order valence-electron chi connectivity index (χ0n) is 15.7. The fourth-order valence-electron chi connectivity index (χ4n) is 3.63. The molecular formula is C20H22F3NO3S. The molecule has 2 atom stereocenters. The molecule has 1 saturated heterocycles. The second-order valence-corrected chi connectivity index (χ2v) is 9.48. The summed E-state index contributed by atoms with van der Waals surface area (Å²) in [7, 11) is -3.66. The predicted molar refractivity (Wildman–Crippen MR) is 98.6 cm³/mol. The summed E-state index contributed by atoms with van der Waals surface area (Å²) in [6.45, 7) is 3.85. The fourth-order valence-corrected chi connectivity index (χ4v) is 5.83. The third-order valence-electron chi connectivity index (χ3n) is 5.39. The highest BCUT2D eigenvalue weighted by Crippen LogP contribution is 2.44. The largest absolute Gasteiger partial charge is 0.417 e. The molecular weight excluding hydrogens is 391 g/mol. The lowest BCUT2D eigenvalue weighted by Gasteiger charge is -2.39. The van der Waals surface area contributed by atoms with E-state index in [-0.39, 0.29) is 17.9 Å². The minimum absolute atomic E-state index is 0.151. The van der Waals surface area contributed by atoms with Gasteiger partial charge in [0.1, 0.15) is 6.10 Å². The van der Waals surface area contributed by atoms with Crippen molar-refractivity contribution in [2.24, 2.45) is 0 Å². The summed E-state index contributed by atoms with van der Waals surface area (Å²) in [6, 6.07) is 8.98. The van der Waals surface area contributed by atoms with Crippen molar-refractivity contribution in [3.63, 3.8) is 0 Å². The maximum atomic E-state index is 13.4. The molecule has 3 rings (SSSR count). The van der Waals surface area contributed by atoms with Crippen molar-refractivity contribution in [1.29, 1.82) is 0 Å². The van der Waals surface area contributed by atoms with Crippen LogP contribution in [-0.4, -0.2) is 24.8 Å². The van der Waals surface area contributed by atoms with Crippen LogP contribution < -0.4 is 0 Å². The van der Waals surface area contributed by atoms with Gasteiger partial charge in [-0.2, -0.15) is 13.2 Å². The van der Waals surface area contributed by atoms with Crippen LogP contribution >= 0.6 is 0 Å². The second-order valence-electron chi connectivity index (χ2n) is 7.14. The van der Waals surface area contributed by atoms with E-state index in [0.717, 1.165) is 17.8 Å². The molecule has 0 spiro atoms. The zero-order chi connectivity index (χ0) is 20.6. The van der Waals surface area contributed by atoms with Crippen molar-refractivity contribution in [3.8, 4) is 0 Å². The van der Waals surface area contributed by atoms with Crippen LogP contribution in [0.1, 0.15) is 49.1 Å². The van der Waals surface area contributed by atoms with Gasteiger partial charge < -0.3 is 4.74 Å². The van der Waals surface area contributed by atoms with E-state index in [1.807, 2.05) is 19.9 Å². The Kier molecular flexibility index (Phi) is 5.55. The van der Waals surface area contributed by atoms with Gasteiger partial charge in [-0.05, 0) is 56.0 Å². The van der Waals surface area contributed by atoms with Gasteiger partial charge in [-0.1, -0.05) is 19.1 Å². The first-order valence-electron chi connectivity index (χ1n) is 9.05. The van der Waals surface area contributed by atoms with E-state index in [2.05, 4.69) is 4.98 Å². The SMILES string of the molecule is CC[C@]1(S(=O)(=O)c2cccc(C)c2)CCOC(c2ccc(C(F)(F)F)cn2)C1. The lowest BCUT2D eigenvalue weighted by Crippen LogP contribution is -2.44. The average molecular weight is 413 g/mol. The molecule has 28 heavy (non-hydrogen) atoms. The van der Waals surface area contributed by atoms with Crippen molar-refractivity contribution in [1.82, 2.24) is 4.98 Å². The Morgan fingerprint density at radius 1 is 1.25 bits per heavy atom. The molecule has 4 nitrogen and oxygen atoms in total. The van der Waals surface area contributed by atoms with Gasteiger partial charge in [-0.15, -0.1) is 0 Å². The Balaban J connectivity index is 1.93. The number of rotatable bonds is 4. The van der Waals surface area contributed by atoms with Crippen molar-refractivity contribution in [3.05, 3.63) is 59.4 Å². The number of halogens is 3. The summed E-state index contributed by atoms with van der Waals surface area (Å²) >= 11 is 0. The topological polar surface area (TPSA) is 56.3 Å². The minimum Gasteiger partial charge on any atom is -0.372 e. The molecule has 1 fully saturated rings. The van der Waals surface area contributed by atoms with Gasteiger partial charge in [0.25, 0.3) is 0 Å². The maximum absolute atomic E-state index is 13.4. The van der Waals surface area contributed by atoms with Gasteiger partial charge in [0.2, 0.25) is 0 Å². The molecule has 8 heteroatoms. The van der Waals surface area contributed by atoms with Gasteiger partial charge >= 0.3 is 6.18 Å². The van der Waals surface area contributed by atoms with Gasteiger partial charge in [-0.3, -0.25) is 4.98 Å². The summed E-state index contributed by atoms with van der Waals surface area (Å²) in [5.74, 6) is 0. The molecule has 1 aliphatic heterocycles. The number of aromatic nitrogens is 1. The number of pyridine rings is 1. The first kappa shape index (κ1) is 20.8. The zero-order valence-corrected chi connectivity index (χ0v) is 16.5. The van der Waals surface area contributed by atoms with Crippen LogP contribution in [-0.2, 0) is 20.8 Å². The van der Waals surface area contributed by atoms with E-state index in [0.29, 0.717) is 18.5 Å². The Morgan fingerprint density at radius 3 is 2.57 bits per heavy atom. The number of hydrogen-bond donors (Lipinski definition) is 0. The van der Waals surface area contributed by atoms with Crippen molar-refractivity contribution < 1.29 is 26.3 Å². The number of hydrogen-bond acceptors (Lipinski definition) is 4. The molecule has 0 saturated carbocycles. The molecule has 1 aromatic carbocycles. The van der Waals surface area contributed by atoms with E-state index in [4.69, 9.17) is 4.74 Å². The smallest absolute Gasteiger partial charge is 0.372 e. The number of nitrogens with zero attached hydrogens (tertiary/aromatic N) is 1. The second kappa shape index (κ2) is 7.48. The van der Waals surface area contributed by atoms with E-state index < -0.39 is 32.4 Å². The third-order valence-corrected chi connectivity index (χ3v) is 8.07. The molecule has 2 aromatic rings. The summed E-state index contributed by atoms with van der Waals surface area (Å²) < 4.78 is 69.8. The van der Waals surface area contributed by atoms with Crippen LogP contribution in [0.25, 0.3) is 0 Å². The van der Waals surface area contributed by atoms with Crippen molar-refractivity contribution in [2.45, 2.75) is 55.0 Å². The van der Waals surface area contributed by atoms with E-state index in [9.17, 15) is 21.6 Å². The highest BCUT2D eigenvalue weighted by Gasteiger charge is 2.47. The van der Waals surface area contributed by atoms with Crippen LogP contribution in [0, 0.1) is 6.92 Å². The lowest BCUT2D eigenvalue weighted by molar-refractivity contribution is -0.137. The number of aryl methyl sites for hydroxylation is 1. The number of sulfone groups is 1. The number of benzene rings is 1. The van der Waals surface area contributed by atoms with Crippen LogP contribution in [0.15, 0.2) is 47.5 Å². The Hall–Kier alpha value is -1.93. The molecule has 152 valence electrons. The van der Waals surface area contributed by atoms with E-state index >= 15 is 0 Å². The van der Waals surface area contributed by atoms with Crippen LogP contribution in [0.5, 0.6) is 0 Å². The standard InChI is InChI=1S/C20H22F3NO3S/c1-3-19(28(25,26)16-6-4-5-14(2)11-16)9-10-27-18(12-19)17-8-7-15(13-24-17)20(21,22)23/h4-8,11,13,18H,3,9-10,12H2,1-2H3/t18?,19-/m0/s1. The maximum Gasteiger partial charge on any atom is 0.417 e. The summed E-state index contributed by atoms with van der Waals surface area (Å²) in [5, 5.41) is 0. The number of alkyl halides is 3. The highest BCUT2D eigenvalue weighted by molar-refractivity contribution is 7.92. The Morgan fingerprint density at radius 2 is 2.00 bits per heavy atom. The molecule has 1 unspecified atom stereocenters. The van der Waals surface area contributed by atoms with Crippen LogP contribution in [0.2, 0.25) is 0 Å². The summed E-state index contributed by atoms with van der Waals surface area (Å²) in [6.07, 6.45) is -3.52.